The van der Waals surface area contributed by atoms with Crippen LogP contribution >= 0.6 is 0 Å². The third-order valence-electron chi connectivity index (χ3n) is 4.69. The lowest BCUT2D eigenvalue weighted by atomic mass is 10.1. The predicted molar refractivity (Wildman–Crippen MR) is 114 cm³/mol. The van der Waals surface area contributed by atoms with Gasteiger partial charge in [0.25, 0.3) is 0 Å². The van der Waals surface area contributed by atoms with Crippen LogP contribution in [0.2, 0.25) is 0 Å². The smallest absolute Gasteiger partial charge is 0.243 e. The number of amides is 1. The van der Waals surface area contributed by atoms with Gasteiger partial charge >= 0.3 is 0 Å². The van der Waals surface area contributed by atoms with Crippen LogP contribution in [-0.4, -0.2) is 38.3 Å². The number of carbonyl (C=O) groups excluding carboxylic acids is 1. The molecule has 6 nitrogen and oxygen atoms in total. The first-order valence-electron chi connectivity index (χ1n) is 9.83. The molecule has 0 heterocycles. The molecule has 29 heavy (non-hydrogen) atoms. The summed E-state index contributed by atoms with van der Waals surface area (Å²) in [6, 6.07) is 12.6. The maximum absolute atomic E-state index is 12.5. The Kier molecular flexibility index (Phi) is 8.22. The summed E-state index contributed by atoms with van der Waals surface area (Å²) in [6.45, 7) is 9.10. The molecule has 0 aliphatic rings. The van der Waals surface area contributed by atoms with Crippen LogP contribution in [-0.2, 0) is 21.4 Å². The van der Waals surface area contributed by atoms with Gasteiger partial charge in [-0.25, -0.2) is 8.42 Å². The van der Waals surface area contributed by atoms with E-state index in [1.165, 1.54) is 4.31 Å². The number of benzene rings is 2. The second-order valence-corrected chi connectivity index (χ2v) is 8.82. The summed E-state index contributed by atoms with van der Waals surface area (Å²) in [5, 5.41) is 2.84. The zero-order valence-corrected chi connectivity index (χ0v) is 18.4. The number of aryl methyl sites for hydroxylation is 2. The molecule has 0 radical (unpaired) electrons. The van der Waals surface area contributed by atoms with Crippen LogP contribution in [0.15, 0.2) is 47.4 Å². The maximum atomic E-state index is 12.5. The van der Waals surface area contributed by atoms with E-state index in [1.54, 1.807) is 24.3 Å². The van der Waals surface area contributed by atoms with Gasteiger partial charge in [0.15, 0.2) is 0 Å². The van der Waals surface area contributed by atoms with Crippen molar-refractivity contribution in [1.29, 1.82) is 0 Å². The zero-order valence-electron chi connectivity index (χ0n) is 17.6. The molecule has 0 saturated heterocycles. The number of ether oxygens (including phenoxy) is 1. The summed E-state index contributed by atoms with van der Waals surface area (Å²) in [6.07, 6.45) is 0.252. The van der Waals surface area contributed by atoms with Crippen LogP contribution in [0.4, 0.5) is 0 Å². The molecule has 0 fully saturated rings. The van der Waals surface area contributed by atoms with Crippen LogP contribution in [0.5, 0.6) is 5.75 Å². The molecular weight excluding hydrogens is 388 g/mol. The summed E-state index contributed by atoms with van der Waals surface area (Å²) in [5.41, 5.74) is 2.99. The number of nitrogens with one attached hydrogen (secondary N) is 1. The van der Waals surface area contributed by atoms with Gasteiger partial charge in [0.1, 0.15) is 5.75 Å². The normalized spacial score (nSPS) is 11.5. The molecule has 1 N–H and O–H groups in total. The van der Waals surface area contributed by atoms with Crippen LogP contribution < -0.4 is 10.1 Å². The Balaban J connectivity index is 1.83. The first kappa shape index (κ1) is 22.9. The topological polar surface area (TPSA) is 75.7 Å². The van der Waals surface area contributed by atoms with E-state index in [9.17, 15) is 13.2 Å². The fourth-order valence-electron chi connectivity index (χ4n) is 2.90. The molecule has 0 aliphatic heterocycles. The molecule has 0 aliphatic carbocycles. The van der Waals surface area contributed by atoms with E-state index in [0.717, 1.165) is 22.4 Å². The highest BCUT2D eigenvalue weighted by Crippen LogP contribution is 2.19. The molecule has 1 amide bonds. The third kappa shape index (κ3) is 6.30. The van der Waals surface area contributed by atoms with Crippen LogP contribution in [0, 0.1) is 13.8 Å². The van der Waals surface area contributed by atoms with Crippen molar-refractivity contribution in [1.82, 2.24) is 9.62 Å². The zero-order chi connectivity index (χ0) is 21.4. The van der Waals surface area contributed by atoms with E-state index in [1.807, 2.05) is 45.9 Å². The molecule has 2 aromatic carbocycles. The number of rotatable bonds is 10. The van der Waals surface area contributed by atoms with Gasteiger partial charge in [-0.3, -0.25) is 4.79 Å². The SMILES string of the molecule is CCN(CC)S(=O)(=O)c1ccc(CNC(=O)CCOc2cc(C)ccc2C)cc1. The Morgan fingerprint density at radius 2 is 1.69 bits per heavy atom. The fraction of sp³-hybridized carbons (Fsp3) is 0.409. The van der Waals surface area contributed by atoms with Gasteiger partial charge in [-0.15, -0.1) is 0 Å². The Morgan fingerprint density at radius 3 is 2.31 bits per heavy atom. The minimum absolute atomic E-state index is 0.116. The lowest BCUT2D eigenvalue weighted by molar-refractivity contribution is -0.121. The Bertz CT molecular complexity index is 920. The molecule has 7 heteroatoms. The Labute approximate surface area is 173 Å². The highest BCUT2D eigenvalue weighted by atomic mass is 32.2. The van der Waals surface area contributed by atoms with Gasteiger partial charge in [-0.2, -0.15) is 4.31 Å². The summed E-state index contributed by atoms with van der Waals surface area (Å²) in [5.74, 6) is 0.679. The average molecular weight is 419 g/mol. The van der Waals surface area contributed by atoms with Crippen molar-refractivity contribution in [2.24, 2.45) is 0 Å². The molecule has 0 unspecified atom stereocenters. The predicted octanol–water partition coefficient (Wildman–Crippen LogP) is 3.42. The number of carbonyl (C=O) groups is 1. The molecule has 0 saturated carbocycles. The maximum Gasteiger partial charge on any atom is 0.243 e. The highest BCUT2D eigenvalue weighted by molar-refractivity contribution is 7.89. The lowest BCUT2D eigenvalue weighted by Crippen LogP contribution is -2.30. The van der Waals surface area contributed by atoms with Crippen LogP contribution in [0.25, 0.3) is 0 Å². The van der Waals surface area contributed by atoms with Gasteiger partial charge in [0, 0.05) is 19.6 Å². The van der Waals surface area contributed by atoms with Gasteiger partial charge in [0.2, 0.25) is 15.9 Å². The Morgan fingerprint density at radius 1 is 1.03 bits per heavy atom. The number of nitrogens with zero attached hydrogens (tertiary/aromatic N) is 1. The quantitative estimate of drug-likeness (QED) is 0.641. The van der Waals surface area contributed by atoms with E-state index in [0.29, 0.717) is 26.2 Å². The summed E-state index contributed by atoms with van der Waals surface area (Å²) in [4.78, 5) is 12.3. The first-order chi connectivity index (χ1) is 13.8. The van der Waals surface area contributed by atoms with Crippen LogP contribution in [0.1, 0.15) is 37.0 Å². The van der Waals surface area contributed by atoms with Gasteiger partial charge in [-0.1, -0.05) is 38.1 Å². The molecule has 0 atom stereocenters. The van der Waals surface area contributed by atoms with Crippen molar-refractivity contribution in [3.05, 3.63) is 59.2 Å². The van der Waals surface area contributed by atoms with Gasteiger partial charge in [0.05, 0.1) is 17.9 Å². The number of hydrogen-bond acceptors (Lipinski definition) is 4. The second-order valence-electron chi connectivity index (χ2n) is 6.88. The van der Waals surface area contributed by atoms with Crippen molar-refractivity contribution in [2.75, 3.05) is 19.7 Å². The first-order valence-corrected chi connectivity index (χ1v) is 11.3. The Hall–Kier alpha value is -2.38. The van der Waals surface area contributed by atoms with E-state index in [-0.39, 0.29) is 17.2 Å². The van der Waals surface area contributed by atoms with E-state index in [2.05, 4.69) is 5.32 Å². The van der Waals surface area contributed by atoms with Crippen LogP contribution in [0.3, 0.4) is 0 Å². The van der Waals surface area contributed by atoms with Gasteiger partial charge < -0.3 is 10.1 Å². The molecule has 0 spiro atoms. The van der Waals surface area contributed by atoms with Gasteiger partial charge in [-0.05, 0) is 48.7 Å². The summed E-state index contributed by atoms with van der Waals surface area (Å²) >= 11 is 0. The fourth-order valence-corrected chi connectivity index (χ4v) is 4.36. The average Bonchev–Trinajstić information content (AvgIpc) is 2.70. The monoisotopic (exact) mass is 418 g/mol. The molecule has 158 valence electrons. The number of sulfonamides is 1. The lowest BCUT2D eigenvalue weighted by Gasteiger charge is -2.18. The second kappa shape index (κ2) is 10.4. The minimum atomic E-state index is -3.46. The van der Waals surface area contributed by atoms with Crippen molar-refractivity contribution in [3.63, 3.8) is 0 Å². The summed E-state index contributed by atoms with van der Waals surface area (Å²) < 4.78 is 32.1. The van der Waals surface area contributed by atoms with E-state index < -0.39 is 10.0 Å². The molecular formula is C22H30N2O4S. The summed E-state index contributed by atoms with van der Waals surface area (Å²) in [7, 11) is -3.46. The molecule has 0 aromatic heterocycles. The van der Waals surface area contributed by atoms with Crippen molar-refractivity contribution < 1.29 is 17.9 Å². The van der Waals surface area contributed by atoms with Crippen molar-refractivity contribution in [2.45, 2.75) is 45.6 Å². The molecule has 0 bridgehead atoms. The molecule has 2 rings (SSSR count). The standard InChI is InChI=1S/C22H30N2O4S/c1-5-24(6-2)29(26,27)20-11-9-19(10-12-20)16-23-22(25)13-14-28-21-15-17(3)7-8-18(21)4/h7-12,15H,5-6,13-14,16H2,1-4H3,(H,23,25). The van der Waals surface area contributed by atoms with E-state index >= 15 is 0 Å². The third-order valence-corrected chi connectivity index (χ3v) is 6.75. The van der Waals surface area contributed by atoms with E-state index in [4.69, 9.17) is 4.74 Å². The minimum Gasteiger partial charge on any atom is -0.493 e. The van der Waals surface area contributed by atoms with Crippen molar-refractivity contribution in [3.8, 4) is 5.75 Å². The van der Waals surface area contributed by atoms with Crippen molar-refractivity contribution >= 4 is 15.9 Å². The molecule has 2 aromatic rings. The number of hydrogen-bond donors (Lipinski definition) is 1. The highest BCUT2D eigenvalue weighted by Gasteiger charge is 2.21. The largest absolute Gasteiger partial charge is 0.493 e.